The molecule has 0 saturated heterocycles. The smallest absolute Gasteiger partial charge is 0.120 e. The summed E-state index contributed by atoms with van der Waals surface area (Å²) < 4.78 is 6.06. The zero-order valence-corrected chi connectivity index (χ0v) is 19.9. The molecule has 3 rings (SSSR count). The predicted molar refractivity (Wildman–Crippen MR) is 131 cm³/mol. The normalized spacial score (nSPS) is 12.1. The Labute approximate surface area is 192 Å². The molecule has 3 heteroatoms. The molecule has 0 saturated carbocycles. The summed E-state index contributed by atoms with van der Waals surface area (Å²) in [6.07, 6.45) is 1.37. The lowest BCUT2D eigenvalue weighted by Gasteiger charge is -2.30. The van der Waals surface area contributed by atoms with Gasteiger partial charge in [-0.05, 0) is 75.9 Å². The second kappa shape index (κ2) is 9.89. The van der Waals surface area contributed by atoms with Gasteiger partial charge in [0.05, 0.1) is 12.2 Å². The van der Waals surface area contributed by atoms with Gasteiger partial charge in [0, 0.05) is 0 Å². The first-order chi connectivity index (χ1) is 15.2. The highest BCUT2D eigenvalue weighted by Crippen LogP contribution is 2.38. The third kappa shape index (κ3) is 5.40. The lowest BCUT2D eigenvalue weighted by atomic mass is 9.78. The average Bonchev–Trinajstić information content (AvgIpc) is 2.81. The predicted octanol–water partition coefficient (Wildman–Crippen LogP) is 6.53. The Bertz CT molecular complexity index is 1040. The summed E-state index contributed by atoms with van der Waals surface area (Å²) in [5.74, 6) is 0.795. The molecule has 3 nitrogen and oxygen atoms in total. The Kier molecular flexibility index (Phi) is 7.43. The summed E-state index contributed by atoms with van der Waals surface area (Å²) in [4.78, 5) is 0. The minimum absolute atomic E-state index is 0.0277. The molecule has 0 aliphatic carbocycles. The fourth-order valence-corrected chi connectivity index (χ4v) is 4.03. The van der Waals surface area contributed by atoms with Crippen molar-refractivity contribution in [3.05, 3.63) is 89.0 Å². The van der Waals surface area contributed by atoms with Crippen molar-refractivity contribution in [2.45, 2.75) is 71.7 Å². The van der Waals surface area contributed by atoms with Crippen LogP contribution < -0.4 is 4.74 Å². The average molecular weight is 432 g/mol. The van der Waals surface area contributed by atoms with Crippen molar-refractivity contribution in [3.8, 4) is 16.9 Å². The van der Waals surface area contributed by atoms with Gasteiger partial charge in [-0.15, -0.1) is 0 Å². The van der Waals surface area contributed by atoms with Crippen LogP contribution in [0.15, 0.2) is 60.7 Å². The first-order valence-corrected chi connectivity index (χ1v) is 11.4. The number of rotatable bonds is 8. The Morgan fingerprint density at radius 1 is 0.938 bits per heavy atom. The number of ether oxygens (including phenoxy) is 1. The van der Waals surface area contributed by atoms with Crippen LogP contribution in [0.5, 0.6) is 5.75 Å². The molecule has 0 heterocycles. The second-order valence-corrected chi connectivity index (χ2v) is 9.45. The summed E-state index contributed by atoms with van der Waals surface area (Å²) >= 11 is 0. The largest absolute Gasteiger partial charge is 0.489 e. The van der Waals surface area contributed by atoms with E-state index in [4.69, 9.17) is 4.74 Å². The lowest BCUT2D eigenvalue weighted by molar-refractivity contribution is 0.0283. The van der Waals surface area contributed by atoms with E-state index in [2.05, 4.69) is 57.2 Å². The van der Waals surface area contributed by atoms with Gasteiger partial charge in [0.25, 0.3) is 0 Å². The van der Waals surface area contributed by atoms with Crippen LogP contribution >= 0.6 is 0 Å². The molecule has 0 amide bonds. The van der Waals surface area contributed by atoms with Gasteiger partial charge in [0.2, 0.25) is 0 Å². The fourth-order valence-electron chi connectivity index (χ4n) is 4.03. The van der Waals surface area contributed by atoms with Gasteiger partial charge in [-0.2, -0.15) is 0 Å². The third-order valence-electron chi connectivity index (χ3n) is 6.18. The lowest BCUT2D eigenvalue weighted by Crippen LogP contribution is -2.25. The van der Waals surface area contributed by atoms with Crippen molar-refractivity contribution in [2.24, 2.45) is 0 Å². The standard InChI is InChI=1S/C29H35O3/c1-6-29(31,7-2)24-14-15-26(27(18-24)28(3,4)5)23-12-9-13-25(17-23)32-20-22-11-8-10-21(16-22)19-30/h8-9,11-18,30-31H,6-7,19-20H2,1-5H3. The highest BCUT2D eigenvalue weighted by atomic mass is 16.5. The van der Waals surface area contributed by atoms with E-state index in [0.29, 0.717) is 19.4 Å². The second-order valence-electron chi connectivity index (χ2n) is 9.45. The van der Waals surface area contributed by atoms with E-state index in [-0.39, 0.29) is 12.0 Å². The Hall–Kier alpha value is -2.62. The summed E-state index contributed by atoms with van der Waals surface area (Å²) in [5, 5.41) is 20.4. The summed E-state index contributed by atoms with van der Waals surface area (Å²) in [7, 11) is 0. The molecule has 0 aliphatic rings. The summed E-state index contributed by atoms with van der Waals surface area (Å²) in [6.45, 7) is 11.1. The van der Waals surface area contributed by atoms with E-state index in [1.165, 1.54) is 5.56 Å². The van der Waals surface area contributed by atoms with Crippen LogP contribution in [0.4, 0.5) is 0 Å². The van der Waals surface area contributed by atoms with E-state index in [9.17, 15) is 10.2 Å². The van der Waals surface area contributed by atoms with Gasteiger partial charge in [0.15, 0.2) is 0 Å². The minimum Gasteiger partial charge on any atom is -0.489 e. The number of hydrogen-bond donors (Lipinski definition) is 2. The SMILES string of the molecule is CCC(O)(CC)c1ccc(-c2cccc(OCc3cc[c]c(CO)c3)c2)c(C(C)(C)C)c1. The quantitative estimate of drug-likeness (QED) is 0.426. The van der Waals surface area contributed by atoms with Crippen molar-refractivity contribution in [1.82, 2.24) is 0 Å². The Balaban J connectivity index is 1.93. The molecule has 0 unspecified atom stereocenters. The van der Waals surface area contributed by atoms with Crippen LogP contribution in [0.1, 0.15) is 69.7 Å². The molecule has 2 N–H and O–H groups in total. The van der Waals surface area contributed by atoms with E-state index < -0.39 is 5.60 Å². The van der Waals surface area contributed by atoms with Crippen LogP contribution in [0.25, 0.3) is 11.1 Å². The highest BCUT2D eigenvalue weighted by molar-refractivity contribution is 5.70. The van der Waals surface area contributed by atoms with E-state index in [1.807, 2.05) is 44.2 Å². The Morgan fingerprint density at radius 3 is 2.34 bits per heavy atom. The van der Waals surface area contributed by atoms with Crippen molar-refractivity contribution in [3.63, 3.8) is 0 Å². The fraction of sp³-hybridized carbons (Fsp3) is 0.379. The van der Waals surface area contributed by atoms with Crippen LogP contribution in [0, 0.1) is 6.07 Å². The molecule has 169 valence electrons. The molecule has 0 spiro atoms. The first-order valence-electron chi connectivity index (χ1n) is 11.4. The summed E-state index contributed by atoms with van der Waals surface area (Å²) in [5.41, 5.74) is 5.30. The monoisotopic (exact) mass is 431 g/mol. The maximum Gasteiger partial charge on any atom is 0.120 e. The van der Waals surface area contributed by atoms with Crippen molar-refractivity contribution >= 4 is 0 Å². The number of benzene rings is 3. The number of hydrogen-bond acceptors (Lipinski definition) is 3. The molecular weight excluding hydrogens is 396 g/mol. The minimum atomic E-state index is -0.802. The first kappa shape index (κ1) is 24.0. The van der Waals surface area contributed by atoms with Gasteiger partial charge >= 0.3 is 0 Å². The van der Waals surface area contributed by atoms with Gasteiger partial charge in [0.1, 0.15) is 12.4 Å². The van der Waals surface area contributed by atoms with E-state index in [0.717, 1.165) is 33.6 Å². The van der Waals surface area contributed by atoms with Crippen molar-refractivity contribution < 1.29 is 14.9 Å². The molecule has 0 aromatic heterocycles. The van der Waals surface area contributed by atoms with E-state index >= 15 is 0 Å². The summed E-state index contributed by atoms with van der Waals surface area (Å²) in [6, 6.07) is 23.2. The van der Waals surface area contributed by atoms with Gasteiger partial charge < -0.3 is 14.9 Å². The maximum absolute atomic E-state index is 11.1. The van der Waals surface area contributed by atoms with E-state index in [1.54, 1.807) is 0 Å². The molecule has 0 bridgehead atoms. The maximum atomic E-state index is 11.1. The molecule has 3 aromatic carbocycles. The van der Waals surface area contributed by atoms with Crippen molar-refractivity contribution in [2.75, 3.05) is 0 Å². The van der Waals surface area contributed by atoms with Crippen LogP contribution in [0.2, 0.25) is 0 Å². The Morgan fingerprint density at radius 2 is 1.69 bits per heavy atom. The molecule has 0 atom stereocenters. The molecule has 1 radical (unpaired) electrons. The van der Waals surface area contributed by atoms with Crippen molar-refractivity contribution in [1.29, 1.82) is 0 Å². The van der Waals surface area contributed by atoms with Gasteiger partial charge in [-0.25, -0.2) is 0 Å². The number of aliphatic hydroxyl groups excluding tert-OH is 1. The zero-order chi connectivity index (χ0) is 23.4. The highest BCUT2D eigenvalue weighted by Gasteiger charge is 2.28. The van der Waals surface area contributed by atoms with Crippen LogP contribution in [-0.2, 0) is 24.2 Å². The number of aliphatic hydroxyl groups is 2. The zero-order valence-electron chi connectivity index (χ0n) is 19.9. The molecule has 32 heavy (non-hydrogen) atoms. The third-order valence-corrected chi connectivity index (χ3v) is 6.18. The van der Waals surface area contributed by atoms with Gasteiger partial charge in [-0.3, -0.25) is 0 Å². The topological polar surface area (TPSA) is 49.7 Å². The van der Waals surface area contributed by atoms with Crippen LogP contribution in [0.3, 0.4) is 0 Å². The molecular formula is C29H35O3. The molecule has 3 aromatic rings. The van der Waals surface area contributed by atoms with Crippen LogP contribution in [-0.4, -0.2) is 10.2 Å². The molecule has 0 fully saturated rings. The molecule has 0 aliphatic heterocycles. The van der Waals surface area contributed by atoms with Gasteiger partial charge in [-0.1, -0.05) is 77.1 Å².